The van der Waals surface area contributed by atoms with Gasteiger partial charge in [-0.1, -0.05) is 30.3 Å². The number of fused-ring (bicyclic) bond motifs is 1. The van der Waals surface area contributed by atoms with Crippen molar-refractivity contribution in [2.24, 2.45) is 0 Å². The first-order chi connectivity index (χ1) is 12.8. The number of aryl methyl sites for hydroxylation is 1. The van der Waals surface area contributed by atoms with Crippen LogP contribution in [0.5, 0.6) is 0 Å². The lowest BCUT2D eigenvalue weighted by Gasteiger charge is -2.13. The number of benzene rings is 1. The molecule has 0 unspecified atom stereocenters. The number of quaternary nitrogens is 1. The van der Waals surface area contributed by atoms with Gasteiger partial charge in [0.25, 0.3) is 5.56 Å². The summed E-state index contributed by atoms with van der Waals surface area (Å²) in [5.74, 6) is -1.33. The summed E-state index contributed by atoms with van der Waals surface area (Å²) in [6.07, 6.45) is 0. The van der Waals surface area contributed by atoms with Crippen LogP contribution in [-0.2, 0) is 13.1 Å². The van der Waals surface area contributed by atoms with E-state index in [4.69, 9.17) is 0 Å². The molecular weight excluding hydrogens is 366 g/mol. The molecule has 2 heterocycles. The fourth-order valence-electron chi connectivity index (χ4n) is 3.03. The Bertz CT molecular complexity index is 1110. The minimum absolute atomic E-state index is 0.00934. The van der Waals surface area contributed by atoms with Gasteiger partial charge in [0.2, 0.25) is 0 Å². The first kappa shape index (κ1) is 19.1. The summed E-state index contributed by atoms with van der Waals surface area (Å²) < 4.78 is 2.69. The molecule has 8 heteroatoms. The van der Waals surface area contributed by atoms with Crippen molar-refractivity contribution >= 4 is 27.5 Å². The number of likely N-dealkylation sites (N-methyl/N-ethyl adjacent to an activating group) is 1. The molecule has 0 amide bonds. The maximum absolute atomic E-state index is 13.1. The lowest BCUT2D eigenvalue weighted by atomic mass is 10.2. The highest BCUT2D eigenvalue weighted by molar-refractivity contribution is 7.20. The van der Waals surface area contributed by atoms with Crippen molar-refractivity contribution in [3.8, 4) is 0 Å². The second kappa shape index (κ2) is 7.50. The molecule has 2 aromatic heterocycles. The number of aromatic carboxylic acids is 1. The SMILES string of the molecule is Cc1c(C(=O)[O-])sc2c1c(=O)n(Cc1ccccc1)c(=O)n2CC[NH+](C)C. The Morgan fingerprint density at radius 1 is 1.15 bits per heavy atom. The minimum atomic E-state index is -1.33. The summed E-state index contributed by atoms with van der Waals surface area (Å²) in [4.78, 5) is 39.1. The number of nitrogens with one attached hydrogen (secondary N) is 1. The number of nitrogens with zero attached hydrogens (tertiary/aromatic N) is 2. The molecule has 7 nitrogen and oxygen atoms in total. The summed E-state index contributed by atoms with van der Waals surface area (Å²) in [5, 5.41) is 11.7. The van der Waals surface area contributed by atoms with Gasteiger partial charge in [0.15, 0.2) is 0 Å². The Balaban J connectivity index is 2.29. The number of aromatic nitrogens is 2. The molecule has 0 aliphatic rings. The zero-order chi connectivity index (χ0) is 19.7. The minimum Gasteiger partial charge on any atom is -0.544 e. The van der Waals surface area contributed by atoms with E-state index < -0.39 is 17.2 Å². The second-order valence-electron chi connectivity index (χ2n) is 6.79. The molecule has 0 atom stereocenters. The summed E-state index contributed by atoms with van der Waals surface area (Å²) in [7, 11) is 3.93. The Kier molecular flexibility index (Phi) is 5.29. The van der Waals surface area contributed by atoms with Crippen molar-refractivity contribution in [1.82, 2.24) is 9.13 Å². The van der Waals surface area contributed by atoms with Crippen molar-refractivity contribution in [3.05, 3.63) is 67.2 Å². The second-order valence-corrected chi connectivity index (χ2v) is 7.79. The lowest BCUT2D eigenvalue weighted by molar-refractivity contribution is -0.858. The first-order valence-corrected chi connectivity index (χ1v) is 9.44. The third-order valence-corrected chi connectivity index (χ3v) is 5.79. The number of thiophene rings is 1. The lowest BCUT2D eigenvalue weighted by Crippen LogP contribution is -3.06. The maximum Gasteiger partial charge on any atom is 0.332 e. The average molecular weight is 387 g/mol. The van der Waals surface area contributed by atoms with Crippen molar-refractivity contribution < 1.29 is 14.8 Å². The van der Waals surface area contributed by atoms with Crippen LogP contribution in [0.4, 0.5) is 0 Å². The Morgan fingerprint density at radius 2 is 1.81 bits per heavy atom. The molecule has 1 N–H and O–H groups in total. The van der Waals surface area contributed by atoms with Crippen LogP contribution in [-0.4, -0.2) is 35.7 Å². The van der Waals surface area contributed by atoms with E-state index >= 15 is 0 Å². The summed E-state index contributed by atoms with van der Waals surface area (Å²) >= 11 is 0.932. The van der Waals surface area contributed by atoms with Crippen LogP contribution in [0, 0.1) is 6.92 Å². The van der Waals surface area contributed by atoms with Crippen LogP contribution in [0.3, 0.4) is 0 Å². The van der Waals surface area contributed by atoms with Crippen molar-refractivity contribution in [3.63, 3.8) is 0 Å². The fraction of sp³-hybridized carbons (Fsp3) is 0.316. The van der Waals surface area contributed by atoms with E-state index in [9.17, 15) is 19.5 Å². The van der Waals surface area contributed by atoms with Crippen LogP contribution in [0.2, 0.25) is 0 Å². The van der Waals surface area contributed by atoms with Gasteiger partial charge < -0.3 is 14.8 Å². The monoisotopic (exact) mass is 387 g/mol. The van der Waals surface area contributed by atoms with Crippen LogP contribution in [0.1, 0.15) is 20.8 Å². The summed E-state index contributed by atoms with van der Waals surface area (Å²) in [6, 6.07) is 9.24. The molecule has 0 saturated heterocycles. The van der Waals surface area contributed by atoms with Gasteiger partial charge in [-0.05, 0) is 18.1 Å². The van der Waals surface area contributed by atoms with Crippen LogP contribution < -0.4 is 21.3 Å². The number of hydrogen-bond acceptors (Lipinski definition) is 5. The summed E-state index contributed by atoms with van der Waals surface area (Å²) in [6.45, 7) is 2.78. The predicted octanol–water partition coefficient (Wildman–Crippen LogP) is -0.911. The van der Waals surface area contributed by atoms with Crippen LogP contribution in [0.25, 0.3) is 10.2 Å². The summed E-state index contributed by atoms with van der Waals surface area (Å²) in [5.41, 5.74) is 0.291. The zero-order valence-corrected chi connectivity index (χ0v) is 16.3. The normalized spacial score (nSPS) is 11.4. The Hall–Kier alpha value is -2.71. The molecule has 0 bridgehead atoms. The predicted molar refractivity (Wildman–Crippen MR) is 103 cm³/mol. The highest BCUT2D eigenvalue weighted by Crippen LogP contribution is 2.27. The molecule has 3 rings (SSSR count). The van der Waals surface area contributed by atoms with Crippen molar-refractivity contribution in [2.45, 2.75) is 20.0 Å². The quantitative estimate of drug-likeness (QED) is 0.593. The molecule has 1 aromatic carbocycles. The number of carbonyl (C=O) groups excluding carboxylic acids is 1. The van der Waals surface area contributed by atoms with Gasteiger partial charge >= 0.3 is 5.69 Å². The number of carbonyl (C=O) groups is 1. The molecular formula is C19H21N3O4S. The standard InChI is InChI=1S/C19H21N3O4S/c1-12-14-16(23)22(11-13-7-5-4-6-8-13)19(26)21(10-9-20(2)3)17(14)27-15(12)18(24)25/h4-8H,9-11H2,1-3H3,(H,24,25). The van der Waals surface area contributed by atoms with E-state index in [2.05, 4.69) is 0 Å². The molecule has 0 spiro atoms. The number of hydrogen-bond donors (Lipinski definition) is 1. The van der Waals surface area contributed by atoms with Gasteiger partial charge in [0.05, 0.1) is 50.0 Å². The maximum atomic E-state index is 13.1. The molecule has 0 fully saturated rings. The Morgan fingerprint density at radius 3 is 2.41 bits per heavy atom. The smallest absolute Gasteiger partial charge is 0.332 e. The number of rotatable bonds is 6. The van der Waals surface area contributed by atoms with Gasteiger partial charge in [-0.2, -0.15) is 0 Å². The molecule has 0 aliphatic heterocycles. The van der Waals surface area contributed by atoms with E-state index in [-0.39, 0.29) is 16.8 Å². The first-order valence-electron chi connectivity index (χ1n) is 8.62. The topological polar surface area (TPSA) is 88.6 Å². The van der Waals surface area contributed by atoms with Gasteiger partial charge in [-0.15, -0.1) is 11.3 Å². The van der Waals surface area contributed by atoms with E-state index in [1.807, 2.05) is 44.4 Å². The average Bonchev–Trinajstić information content (AvgIpc) is 2.97. The molecule has 142 valence electrons. The molecule has 0 radical (unpaired) electrons. The number of carboxylic acid groups (broad SMARTS) is 1. The van der Waals surface area contributed by atoms with Crippen LogP contribution >= 0.6 is 11.3 Å². The highest BCUT2D eigenvalue weighted by atomic mass is 32.1. The third-order valence-electron chi connectivity index (χ3n) is 4.50. The van der Waals surface area contributed by atoms with E-state index in [1.54, 1.807) is 6.92 Å². The molecule has 0 saturated carbocycles. The van der Waals surface area contributed by atoms with Gasteiger partial charge in [0, 0.05) is 0 Å². The van der Waals surface area contributed by atoms with Gasteiger partial charge in [-0.3, -0.25) is 13.9 Å². The number of carboxylic acids is 1. The fourth-order valence-corrected chi connectivity index (χ4v) is 4.18. The van der Waals surface area contributed by atoms with Crippen molar-refractivity contribution in [1.29, 1.82) is 0 Å². The highest BCUT2D eigenvalue weighted by Gasteiger charge is 2.20. The van der Waals surface area contributed by atoms with Crippen molar-refractivity contribution in [2.75, 3.05) is 20.6 Å². The molecule has 3 aromatic rings. The molecule has 0 aliphatic carbocycles. The third kappa shape index (κ3) is 3.58. The molecule has 27 heavy (non-hydrogen) atoms. The van der Waals surface area contributed by atoms with E-state index in [1.165, 1.54) is 9.13 Å². The van der Waals surface area contributed by atoms with E-state index in [0.717, 1.165) is 21.8 Å². The van der Waals surface area contributed by atoms with E-state index in [0.29, 0.717) is 23.5 Å². The van der Waals surface area contributed by atoms with Crippen LogP contribution in [0.15, 0.2) is 39.9 Å². The largest absolute Gasteiger partial charge is 0.544 e. The Labute approximate surface area is 159 Å². The van der Waals surface area contributed by atoms with Gasteiger partial charge in [0.1, 0.15) is 4.83 Å². The van der Waals surface area contributed by atoms with Gasteiger partial charge in [-0.25, -0.2) is 4.79 Å². The zero-order valence-electron chi connectivity index (χ0n) is 15.4.